The summed E-state index contributed by atoms with van der Waals surface area (Å²) in [6.45, 7) is 8.22. The number of carbonyl (C=O) groups is 1. The molecule has 202 valence electrons. The fraction of sp³-hybridized carbons (Fsp3) is 0.472. The summed E-state index contributed by atoms with van der Waals surface area (Å²) in [5.74, 6) is 2.90. The van der Waals surface area contributed by atoms with Crippen LogP contribution in [0.3, 0.4) is 0 Å². The largest absolute Gasteiger partial charge is 0.493 e. The molecule has 0 spiro atoms. The van der Waals surface area contributed by atoms with Crippen LogP contribution in [0.25, 0.3) is 11.1 Å². The molecule has 2 aliphatic heterocycles. The molecule has 3 aromatic rings. The van der Waals surface area contributed by atoms with Crippen LogP contribution in [-0.4, -0.2) is 36.4 Å². The first kappa shape index (κ1) is 25.1. The first-order valence-electron chi connectivity index (χ1n) is 15.2. The minimum atomic E-state index is 0.183. The zero-order valence-corrected chi connectivity index (χ0v) is 23.5. The molecule has 0 unspecified atom stereocenters. The highest BCUT2D eigenvalue weighted by atomic mass is 16.5. The van der Waals surface area contributed by atoms with Gasteiger partial charge >= 0.3 is 0 Å². The third-order valence-corrected chi connectivity index (χ3v) is 10.5. The van der Waals surface area contributed by atoms with E-state index in [9.17, 15) is 4.79 Å². The van der Waals surface area contributed by atoms with E-state index in [2.05, 4.69) is 79.4 Å². The van der Waals surface area contributed by atoms with Crippen molar-refractivity contribution in [1.82, 2.24) is 4.90 Å². The molecule has 2 aliphatic carbocycles. The number of ether oxygens (including phenoxy) is 1. The number of carbonyl (C=O) groups excluding carboxylic acids is 1. The predicted octanol–water partition coefficient (Wildman–Crippen LogP) is 7.43. The van der Waals surface area contributed by atoms with Crippen LogP contribution in [0.15, 0.2) is 60.7 Å². The second-order valence-electron chi connectivity index (χ2n) is 12.9. The fourth-order valence-corrected chi connectivity index (χ4v) is 7.57. The van der Waals surface area contributed by atoms with Crippen LogP contribution >= 0.6 is 0 Å². The Labute approximate surface area is 233 Å². The van der Waals surface area contributed by atoms with Crippen molar-refractivity contribution in [2.45, 2.75) is 76.7 Å². The molecule has 7 rings (SSSR count). The lowest BCUT2D eigenvalue weighted by atomic mass is 9.58. The van der Waals surface area contributed by atoms with Crippen molar-refractivity contribution in [3.8, 4) is 16.9 Å². The number of hydrogen-bond acceptors (Lipinski definition) is 3. The Morgan fingerprint density at radius 1 is 1.00 bits per heavy atom. The molecule has 1 saturated heterocycles. The average molecular weight is 520 g/mol. The van der Waals surface area contributed by atoms with Crippen LogP contribution in [0.2, 0.25) is 0 Å². The molecule has 4 aliphatic rings. The molecule has 3 heteroatoms. The van der Waals surface area contributed by atoms with Crippen molar-refractivity contribution in [3.63, 3.8) is 0 Å². The molecule has 0 N–H and O–H groups in total. The SMILES string of the molecule is C[C@H]1[C@H]2Cc3ccc(C(=O)CCCc4ccc(-c5ccc6c(c5)CCO6)cc4)cc3[C@@]1(C)CCN2CC1CC1. The number of hydrogen-bond donors (Lipinski definition) is 0. The lowest BCUT2D eigenvalue weighted by molar-refractivity contribution is 0.0284. The summed E-state index contributed by atoms with van der Waals surface area (Å²) in [7, 11) is 0. The van der Waals surface area contributed by atoms with Gasteiger partial charge in [0.15, 0.2) is 5.78 Å². The first-order valence-corrected chi connectivity index (χ1v) is 15.2. The van der Waals surface area contributed by atoms with Crippen LogP contribution in [0.5, 0.6) is 5.75 Å². The maximum Gasteiger partial charge on any atom is 0.162 e. The molecule has 0 radical (unpaired) electrons. The number of Topliss-reactive ketones (excluding diaryl/α,β-unsaturated/α-hetero) is 1. The molecule has 39 heavy (non-hydrogen) atoms. The van der Waals surface area contributed by atoms with E-state index in [0.717, 1.165) is 49.5 Å². The van der Waals surface area contributed by atoms with Crippen molar-refractivity contribution in [3.05, 3.63) is 88.5 Å². The van der Waals surface area contributed by atoms with Crippen LogP contribution < -0.4 is 4.74 Å². The van der Waals surface area contributed by atoms with E-state index in [4.69, 9.17) is 4.74 Å². The van der Waals surface area contributed by atoms with Crippen LogP contribution in [0, 0.1) is 11.8 Å². The Hall–Kier alpha value is -2.91. The summed E-state index contributed by atoms with van der Waals surface area (Å²) in [6.07, 6.45) is 8.62. The predicted molar refractivity (Wildman–Crippen MR) is 158 cm³/mol. The Morgan fingerprint density at radius 2 is 1.82 bits per heavy atom. The summed E-state index contributed by atoms with van der Waals surface area (Å²) in [6, 6.07) is 22.7. The fourth-order valence-electron chi connectivity index (χ4n) is 7.57. The number of benzene rings is 3. The molecule has 2 heterocycles. The normalized spacial score (nSPS) is 25.6. The summed E-state index contributed by atoms with van der Waals surface area (Å²) >= 11 is 0. The van der Waals surface area contributed by atoms with Gasteiger partial charge in [-0.3, -0.25) is 9.69 Å². The van der Waals surface area contributed by atoms with Gasteiger partial charge < -0.3 is 4.74 Å². The van der Waals surface area contributed by atoms with Crippen LogP contribution in [0.4, 0.5) is 0 Å². The Balaban J connectivity index is 0.985. The highest BCUT2D eigenvalue weighted by Crippen LogP contribution is 2.49. The van der Waals surface area contributed by atoms with Crippen molar-refractivity contribution >= 4 is 5.78 Å². The van der Waals surface area contributed by atoms with Crippen LogP contribution in [0.1, 0.15) is 78.6 Å². The lowest BCUT2D eigenvalue weighted by Gasteiger charge is -2.55. The maximum absolute atomic E-state index is 13.3. The molecular weight excluding hydrogens is 478 g/mol. The van der Waals surface area contributed by atoms with E-state index in [1.54, 1.807) is 0 Å². The highest BCUT2D eigenvalue weighted by Gasteiger charge is 2.49. The summed E-state index contributed by atoms with van der Waals surface area (Å²) in [5, 5.41) is 0. The number of ketones is 1. The second-order valence-corrected chi connectivity index (χ2v) is 12.9. The van der Waals surface area contributed by atoms with E-state index in [0.29, 0.717) is 24.2 Å². The molecular formula is C36H41NO2. The molecule has 0 amide bonds. The zero-order chi connectivity index (χ0) is 26.6. The van der Waals surface area contributed by atoms with E-state index in [1.807, 2.05) is 0 Å². The number of piperidine rings is 1. The van der Waals surface area contributed by atoms with E-state index in [-0.39, 0.29) is 5.41 Å². The number of likely N-dealkylation sites (tertiary alicyclic amines) is 1. The first-order chi connectivity index (χ1) is 19.0. The van der Waals surface area contributed by atoms with Crippen LogP contribution in [-0.2, 0) is 24.7 Å². The average Bonchev–Trinajstić information content (AvgIpc) is 3.65. The Kier molecular flexibility index (Phi) is 6.39. The molecule has 0 aromatic heterocycles. The minimum absolute atomic E-state index is 0.183. The monoisotopic (exact) mass is 519 g/mol. The third kappa shape index (κ3) is 4.73. The van der Waals surface area contributed by atoms with Gasteiger partial charge in [-0.15, -0.1) is 0 Å². The summed E-state index contributed by atoms with van der Waals surface area (Å²) in [4.78, 5) is 16.1. The number of aryl methyl sites for hydroxylation is 1. The Morgan fingerprint density at radius 3 is 2.64 bits per heavy atom. The zero-order valence-electron chi connectivity index (χ0n) is 23.5. The topological polar surface area (TPSA) is 29.5 Å². The smallest absolute Gasteiger partial charge is 0.162 e. The molecule has 1 saturated carbocycles. The van der Waals surface area contributed by atoms with Gasteiger partial charge in [-0.25, -0.2) is 0 Å². The van der Waals surface area contributed by atoms with Crippen molar-refractivity contribution in [2.75, 3.05) is 19.7 Å². The minimum Gasteiger partial charge on any atom is -0.493 e. The van der Waals surface area contributed by atoms with Gasteiger partial charge in [-0.1, -0.05) is 56.3 Å². The standard InChI is InChI=1S/C36H41NO2/c1-24-33-22-29-12-13-30(21-32(29)36(24,2)17-18-37(33)23-26-6-7-26)34(38)5-3-4-25-8-10-27(11-9-25)28-14-15-35-31(20-28)16-19-39-35/h8-15,20-21,24,26,33H,3-7,16-19,22-23H2,1-2H3/t24-,33+,36-/m0/s1. The van der Waals surface area contributed by atoms with E-state index in [1.165, 1.54) is 65.7 Å². The number of rotatable bonds is 8. The van der Waals surface area contributed by atoms with E-state index >= 15 is 0 Å². The van der Waals surface area contributed by atoms with Gasteiger partial charge in [-0.05, 0) is 114 Å². The molecule has 3 nitrogen and oxygen atoms in total. The van der Waals surface area contributed by atoms with Gasteiger partial charge in [0, 0.05) is 31.0 Å². The lowest BCUT2D eigenvalue weighted by Crippen LogP contribution is -2.58. The van der Waals surface area contributed by atoms with Crippen molar-refractivity contribution < 1.29 is 9.53 Å². The number of fused-ring (bicyclic) bond motifs is 5. The van der Waals surface area contributed by atoms with E-state index < -0.39 is 0 Å². The van der Waals surface area contributed by atoms with Gasteiger partial charge in [0.2, 0.25) is 0 Å². The molecule has 3 atom stereocenters. The third-order valence-electron chi connectivity index (χ3n) is 10.5. The van der Waals surface area contributed by atoms with Crippen molar-refractivity contribution in [1.29, 1.82) is 0 Å². The van der Waals surface area contributed by atoms with Crippen molar-refractivity contribution in [2.24, 2.45) is 11.8 Å². The molecule has 2 fully saturated rings. The quantitative estimate of drug-likeness (QED) is 0.290. The highest BCUT2D eigenvalue weighted by molar-refractivity contribution is 5.96. The molecule has 2 bridgehead atoms. The maximum atomic E-state index is 13.3. The van der Waals surface area contributed by atoms with Gasteiger partial charge in [0.25, 0.3) is 0 Å². The second kappa shape index (κ2) is 9.93. The summed E-state index contributed by atoms with van der Waals surface area (Å²) in [5.41, 5.74) is 9.12. The summed E-state index contributed by atoms with van der Waals surface area (Å²) < 4.78 is 5.65. The van der Waals surface area contributed by atoms with Gasteiger partial charge in [0.1, 0.15) is 5.75 Å². The number of nitrogens with zero attached hydrogens (tertiary/aromatic N) is 1. The van der Waals surface area contributed by atoms with Gasteiger partial charge in [0.05, 0.1) is 6.61 Å². The molecule has 3 aromatic carbocycles. The van der Waals surface area contributed by atoms with Gasteiger partial charge in [-0.2, -0.15) is 0 Å². The Bertz CT molecular complexity index is 1390.